The Morgan fingerprint density at radius 1 is 0.699 bits per heavy atom. The van der Waals surface area contributed by atoms with Crippen LogP contribution in [-0.2, 0) is 40.0 Å². The third-order valence-corrected chi connectivity index (χ3v) is 21.0. The molecule has 10 rings (SSSR count). The Bertz CT molecular complexity index is 4040. The van der Waals surface area contributed by atoms with Gasteiger partial charge in [0.1, 0.15) is 82.2 Å². The first-order valence-electron chi connectivity index (χ1n) is 29.5. The normalized spacial score (nSPS) is 17.0. The zero-order valence-electron chi connectivity index (χ0n) is 51.5. The van der Waals surface area contributed by atoms with E-state index >= 15 is 0 Å². The van der Waals surface area contributed by atoms with E-state index in [1.807, 2.05) is 13.8 Å². The number of methoxy groups -OCH3 is 3. The van der Waals surface area contributed by atoms with Gasteiger partial charge in [-0.15, -0.1) is 68.0 Å². The van der Waals surface area contributed by atoms with Crippen LogP contribution in [0.2, 0.25) is 0 Å². The number of ether oxygens (including phenoxy) is 3. The summed E-state index contributed by atoms with van der Waals surface area (Å²) in [4.78, 5) is 147. The molecule has 32 heteroatoms. The first kappa shape index (κ1) is 67.5. The van der Waals surface area contributed by atoms with Gasteiger partial charge in [0.15, 0.2) is 0 Å². The number of anilines is 1. The molecule has 0 saturated carbocycles. The number of piperidine rings is 1. The minimum absolute atomic E-state index is 0.00745. The van der Waals surface area contributed by atoms with Crippen LogP contribution >= 0.6 is 68.0 Å². The average molecular weight is 1380 g/mol. The predicted octanol–water partition coefficient (Wildman–Crippen LogP) is 8.47. The van der Waals surface area contributed by atoms with Crippen molar-refractivity contribution in [1.82, 2.24) is 66.4 Å². The van der Waals surface area contributed by atoms with Crippen molar-refractivity contribution in [2.45, 2.75) is 90.1 Å². The number of urea groups is 1. The summed E-state index contributed by atoms with van der Waals surface area (Å²) in [6.45, 7) is 5.79. The number of hydrogen-bond acceptors (Lipinski definition) is 25. The molecule has 0 spiro atoms. The van der Waals surface area contributed by atoms with E-state index in [4.69, 9.17) is 49.1 Å². The molecular weight excluding hydrogens is 1310 g/mol. The van der Waals surface area contributed by atoms with E-state index in [0.29, 0.717) is 113 Å². The number of nitrogens with zero attached hydrogens (tertiary/aromatic N) is 9. The van der Waals surface area contributed by atoms with Crippen molar-refractivity contribution in [1.29, 1.82) is 0 Å². The van der Waals surface area contributed by atoms with Gasteiger partial charge < -0.3 is 50.8 Å². The van der Waals surface area contributed by atoms with Gasteiger partial charge in [0.25, 0.3) is 17.7 Å². The van der Waals surface area contributed by atoms with Crippen LogP contribution in [0.1, 0.15) is 138 Å². The van der Waals surface area contributed by atoms with Crippen molar-refractivity contribution >= 4 is 121 Å². The van der Waals surface area contributed by atoms with Crippen LogP contribution in [0.25, 0.3) is 43.4 Å². The quantitative estimate of drug-likeness (QED) is 0.0414. The van der Waals surface area contributed by atoms with Crippen molar-refractivity contribution in [3.63, 3.8) is 0 Å². The molecular formula is C61H66N14O12S6. The Kier molecular flexibility index (Phi) is 22.2. The topological polar surface area (TPSA) is 341 Å². The summed E-state index contributed by atoms with van der Waals surface area (Å²) in [6, 6.07) is 9.13. The smallest absolute Gasteiger partial charge is 0.325 e. The van der Waals surface area contributed by atoms with Gasteiger partial charge in [0.2, 0.25) is 11.8 Å². The van der Waals surface area contributed by atoms with Gasteiger partial charge in [-0.3, -0.25) is 38.5 Å². The number of amides is 7. The van der Waals surface area contributed by atoms with Crippen molar-refractivity contribution < 1.29 is 57.7 Å². The van der Waals surface area contributed by atoms with Gasteiger partial charge >= 0.3 is 18.0 Å². The second kappa shape index (κ2) is 30.6. The number of pyridine rings is 1. The molecule has 10 bridgehead atoms. The number of carbonyl (C=O) groups is 8. The van der Waals surface area contributed by atoms with Crippen molar-refractivity contribution in [2.75, 3.05) is 59.5 Å². The molecule has 4 atom stereocenters. The Labute approximate surface area is 558 Å². The first-order valence-corrected chi connectivity index (χ1v) is 34.6. The molecule has 488 valence electrons. The third-order valence-electron chi connectivity index (χ3n) is 15.3. The van der Waals surface area contributed by atoms with E-state index in [-0.39, 0.29) is 77.9 Å². The lowest BCUT2D eigenvalue weighted by molar-refractivity contribution is -0.147. The van der Waals surface area contributed by atoms with Crippen molar-refractivity contribution in [3.05, 3.63) is 111 Å². The number of aliphatic hydroxyl groups excluding tert-OH is 1. The number of unbranched alkanes of at least 4 members (excludes halogenated alkanes) is 1. The molecule has 7 aromatic heterocycles. The summed E-state index contributed by atoms with van der Waals surface area (Å²) in [5.74, 6) is -3.87. The van der Waals surface area contributed by atoms with Gasteiger partial charge in [-0.25, -0.2) is 39.7 Å². The van der Waals surface area contributed by atoms with Gasteiger partial charge in [0, 0.05) is 72.2 Å². The Morgan fingerprint density at radius 2 is 1.41 bits per heavy atom. The number of carbonyl (C=O) groups excluding carboxylic acids is 8. The summed E-state index contributed by atoms with van der Waals surface area (Å²) in [7, 11) is 5.60. The second-order valence-corrected chi connectivity index (χ2v) is 27.7. The van der Waals surface area contributed by atoms with E-state index in [1.54, 1.807) is 80.7 Å². The summed E-state index contributed by atoms with van der Waals surface area (Å²) in [5.41, 5.74) is 2.57. The van der Waals surface area contributed by atoms with E-state index in [2.05, 4.69) is 26.6 Å². The molecule has 2 aliphatic rings. The summed E-state index contributed by atoms with van der Waals surface area (Å²) in [5, 5.41) is 35.3. The van der Waals surface area contributed by atoms with Crippen LogP contribution in [0.3, 0.4) is 0 Å². The minimum atomic E-state index is -1.30. The van der Waals surface area contributed by atoms with Crippen LogP contribution in [-0.4, -0.2) is 147 Å². The monoisotopic (exact) mass is 1380 g/mol. The molecule has 93 heavy (non-hydrogen) atoms. The summed E-state index contributed by atoms with van der Waals surface area (Å²) in [6.07, 6.45) is 0.393. The Balaban J connectivity index is 1.04. The third kappa shape index (κ3) is 15.8. The molecule has 6 N–H and O–H groups in total. The molecule has 26 nitrogen and oxygen atoms in total. The Hall–Kier alpha value is -8.37. The minimum Gasteiger partial charge on any atom is -0.469 e. The number of aliphatic hydroxyl groups is 1. The summed E-state index contributed by atoms with van der Waals surface area (Å²) < 4.78 is 15.3. The molecule has 0 radical (unpaired) electrons. The zero-order valence-corrected chi connectivity index (χ0v) is 56.4. The van der Waals surface area contributed by atoms with Crippen LogP contribution in [0, 0.1) is 18.8 Å². The first-order chi connectivity index (χ1) is 44.8. The predicted molar refractivity (Wildman–Crippen MR) is 352 cm³/mol. The highest BCUT2D eigenvalue weighted by atomic mass is 32.1. The van der Waals surface area contributed by atoms with Crippen LogP contribution < -0.4 is 31.5 Å². The number of rotatable bonds is 15. The summed E-state index contributed by atoms with van der Waals surface area (Å²) >= 11 is 7.16. The molecule has 1 aromatic carbocycles. The molecule has 9 heterocycles. The van der Waals surface area contributed by atoms with E-state index < -0.39 is 60.3 Å². The standard InChI is InChI=1S/C61H66N14O12S6/c1-30(2)45-59-73-48(40(93-59)25-85-5)52(81)63-24-43(77)70-49(50(79)32-13-9-8-10-14-32)58-68-39(28-90-58)56-66-37(26-89-56)47-34(54-67-38(27-88-54)51(80)65-36(23-42(76)62-4)57-72-46(31(3)92-57)53(82)71-45)16-17-35(64-47)55-69-41(29-91-55)75(20-12-11-15-44(78)86-6)61(84)74-21-18-33(19-22-74)60(83)87-7/h8-10,13-14,16-17,26-30,33,36,45,49-50,79H,11-12,15,18-25H2,1-7H3,(H,62,76)(H,63,81)(H,65,80)(H,70,77)(H,71,82)/t36-,45-,49-,50-/m0/s1. The maximum atomic E-state index is 14.5. The van der Waals surface area contributed by atoms with Gasteiger partial charge in [-0.2, -0.15) is 0 Å². The van der Waals surface area contributed by atoms with Gasteiger partial charge in [0.05, 0.1) is 62.4 Å². The Morgan fingerprint density at radius 3 is 2.14 bits per heavy atom. The molecule has 1 fully saturated rings. The number of likely N-dealkylation sites (tertiary alicyclic amines) is 1. The number of aryl methyl sites for hydroxylation is 1. The molecule has 0 unspecified atom stereocenters. The van der Waals surface area contributed by atoms with Crippen LogP contribution in [0.15, 0.2) is 64.0 Å². The zero-order chi connectivity index (χ0) is 66.0. The number of esters is 2. The lowest BCUT2D eigenvalue weighted by Gasteiger charge is -2.34. The average Bonchev–Trinajstić information content (AvgIpc) is 1.80. The molecule has 0 aliphatic carbocycles. The van der Waals surface area contributed by atoms with Crippen molar-refractivity contribution in [3.8, 4) is 43.4 Å². The maximum absolute atomic E-state index is 14.5. The van der Waals surface area contributed by atoms with Crippen LogP contribution in [0.5, 0.6) is 0 Å². The van der Waals surface area contributed by atoms with Crippen molar-refractivity contribution in [2.24, 2.45) is 11.8 Å². The number of nitrogens with one attached hydrogen (secondary N) is 5. The van der Waals surface area contributed by atoms with Gasteiger partial charge in [-0.05, 0) is 56.2 Å². The van der Waals surface area contributed by atoms with Gasteiger partial charge in [-0.1, -0.05) is 44.2 Å². The largest absolute Gasteiger partial charge is 0.469 e. The number of benzene rings is 1. The van der Waals surface area contributed by atoms with E-state index in [9.17, 15) is 43.5 Å². The van der Waals surface area contributed by atoms with Crippen LogP contribution in [0.4, 0.5) is 10.6 Å². The second-order valence-electron chi connectivity index (χ2n) is 21.9. The molecule has 7 amide bonds. The molecule has 8 aromatic rings. The highest BCUT2D eigenvalue weighted by molar-refractivity contribution is 7.15. The fourth-order valence-electron chi connectivity index (χ4n) is 10.3. The van der Waals surface area contributed by atoms with E-state index in [0.717, 1.165) is 34.0 Å². The number of thiazole rings is 6. The lowest BCUT2D eigenvalue weighted by atomic mass is 9.97. The van der Waals surface area contributed by atoms with E-state index in [1.165, 1.54) is 62.4 Å². The maximum Gasteiger partial charge on any atom is 0.325 e. The highest BCUT2D eigenvalue weighted by Gasteiger charge is 2.35. The fraction of sp³-hybridized carbons (Fsp3) is 0.393. The molecule has 1 saturated heterocycles. The highest BCUT2D eigenvalue weighted by Crippen LogP contribution is 2.41. The number of hydrogen-bond donors (Lipinski definition) is 6. The fourth-order valence-corrected chi connectivity index (χ4v) is 15.8. The lowest BCUT2D eigenvalue weighted by Crippen LogP contribution is -2.48. The SMILES string of the molecule is CNC(=O)C[C@@H]1NC(=O)c2csc(n2)-c2ccc(-c3nc(N(CCCCC(=O)OC)C(=O)N4CCC(C(=O)OC)CC4)cs3)nc2-c2csc(n2)-c2csc(n2)[C@H]([C@@H](O)c2ccccc2)NC(=O)CNC(=O)c2nc(sc2COC)[C@H](C(C)C)NC(=O)c2nc1sc2C. The number of aromatic nitrogens is 7. The molecule has 2 aliphatic heterocycles. The number of fused-ring (bicyclic) bond motifs is 14.